The lowest BCUT2D eigenvalue weighted by molar-refractivity contribution is -0.121. The normalized spacial score (nSPS) is 18.2. The minimum Gasteiger partial charge on any atom is -0.353 e. The van der Waals surface area contributed by atoms with Crippen LogP contribution in [0.4, 0.5) is 25.8 Å². The van der Waals surface area contributed by atoms with Crippen LogP contribution in [0.2, 0.25) is 0 Å². The van der Waals surface area contributed by atoms with Crippen molar-refractivity contribution in [1.82, 2.24) is 14.5 Å². The molecule has 1 N–H and O–H groups in total. The molecule has 0 saturated heterocycles. The minimum absolute atomic E-state index is 0.0794. The van der Waals surface area contributed by atoms with Crippen LogP contribution >= 0.6 is 0 Å². The Bertz CT molecular complexity index is 1510. The van der Waals surface area contributed by atoms with Crippen molar-refractivity contribution in [3.8, 4) is 11.3 Å². The summed E-state index contributed by atoms with van der Waals surface area (Å²) in [5.74, 6) is -4.75. The zero-order valence-electron chi connectivity index (χ0n) is 19.3. The second-order valence-corrected chi connectivity index (χ2v) is 11.1. The average molecular weight is 500 g/mol. The molecule has 0 spiro atoms. The largest absolute Gasteiger partial charge is 0.353 e. The molecule has 0 radical (unpaired) electrons. The summed E-state index contributed by atoms with van der Waals surface area (Å²) in [4.78, 5) is 25.5. The number of Topliss-reactive ketones (excluding diaryl/α,β-unsaturated/α-hetero) is 1. The molecule has 2 aliphatic rings. The number of imidazole rings is 1. The first kappa shape index (κ1) is 23.3. The van der Waals surface area contributed by atoms with E-state index in [4.69, 9.17) is 0 Å². The first-order valence-electron chi connectivity index (χ1n) is 11.0. The lowest BCUT2D eigenvalue weighted by Gasteiger charge is -2.16. The quantitative estimate of drug-likeness (QED) is 0.526. The lowest BCUT2D eigenvalue weighted by atomic mass is 10.1. The van der Waals surface area contributed by atoms with E-state index in [1.54, 1.807) is 41.4 Å². The highest BCUT2D eigenvalue weighted by atomic mass is 32.2. The van der Waals surface area contributed by atoms with Gasteiger partial charge in [-0.1, -0.05) is 6.07 Å². The van der Waals surface area contributed by atoms with Crippen LogP contribution in [0.15, 0.2) is 46.7 Å². The predicted molar refractivity (Wildman–Crippen MR) is 128 cm³/mol. The monoisotopic (exact) mass is 499 g/mol. The Morgan fingerprint density at radius 3 is 2.63 bits per heavy atom. The third-order valence-corrected chi connectivity index (χ3v) is 7.31. The molecule has 1 aliphatic heterocycles. The minimum atomic E-state index is -3.63. The molecule has 1 fully saturated rings. The van der Waals surface area contributed by atoms with Crippen molar-refractivity contribution in [3.63, 3.8) is 0 Å². The summed E-state index contributed by atoms with van der Waals surface area (Å²) in [6.45, 7) is 1.84. The van der Waals surface area contributed by atoms with Crippen molar-refractivity contribution in [2.24, 2.45) is 18.0 Å². The molecule has 0 amide bonds. The van der Waals surface area contributed by atoms with Gasteiger partial charge in [-0.2, -0.15) is 0 Å². The third-order valence-electron chi connectivity index (χ3n) is 6.18. The molecule has 8 nitrogen and oxygen atoms in total. The maximum atomic E-state index is 13.4. The summed E-state index contributed by atoms with van der Waals surface area (Å²) < 4.78 is 53.9. The summed E-state index contributed by atoms with van der Waals surface area (Å²) in [6, 6.07) is 6.60. The fraction of sp³-hybridized carbons (Fsp3) is 0.333. The van der Waals surface area contributed by atoms with Crippen LogP contribution in [0.25, 0.3) is 11.3 Å². The number of benzene rings is 1. The number of hydrogen-bond donors (Lipinski definition) is 1. The van der Waals surface area contributed by atoms with E-state index in [2.05, 4.69) is 20.3 Å². The highest BCUT2D eigenvalue weighted by Crippen LogP contribution is 2.49. The number of nitrogens with one attached hydrogen (secondary N) is 1. The van der Waals surface area contributed by atoms with Crippen LogP contribution in [0.5, 0.6) is 0 Å². The molecule has 11 heteroatoms. The molecule has 5 rings (SSSR count). The van der Waals surface area contributed by atoms with E-state index in [1.165, 1.54) is 0 Å². The van der Waals surface area contributed by atoms with Crippen LogP contribution in [-0.2, 0) is 34.5 Å². The van der Waals surface area contributed by atoms with E-state index in [0.717, 1.165) is 17.7 Å². The molecule has 3 heterocycles. The molecule has 1 aromatic carbocycles. The first-order valence-corrected chi connectivity index (χ1v) is 12.9. The number of nitrogens with zero attached hydrogens (tertiary/aromatic N) is 4. The second-order valence-electron chi connectivity index (χ2n) is 9.14. The number of rotatable bonds is 7. The summed E-state index contributed by atoms with van der Waals surface area (Å²) in [5, 5.41) is 3.15. The highest BCUT2D eigenvalue weighted by Gasteiger charge is 2.60. The van der Waals surface area contributed by atoms with Gasteiger partial charge in [-0.25, -0.2) is 22.2 Å². The number of carbonyl (C=O) groups is 1. The number of pyridine rings is 1. The maximum absolute atomic E-state index is 13.4. The number of anilines is 2. The van der Waals surface area contributed by atoms with Crippen molar-refractivity contribution in [2.75, 3.05) is 11.6 Å². The van der Waals surface area contributed by atoms with Gasteiger partial charge in [0.1, 0.15) is 11.5 Å². The zero-order valence-corrected chi connectivity index (χ0v) is 20.2. The highest BCUT2D eigenvalue weighted by molar-refractivity contribution is 7.90. The fourth-order valence-corrected chi connectivity index (χ4v) is 5.15. The van der Waals surface area contributed by atoms with Gasteiger partial charge in [0.2, 0.25) is 0 Å². The van der Waals surface area contributed by atoms with Gasteiger partial charge in [0.05, 0.1) is 51.8 Å². The zero-order chi connectivity index (χ0) is 25.1. The van der Waals surface area contributed by atoms with Crippen LogP contribution in [-0.4, -0.2) is 46.6 Å². The van der Waals surface area contributed by atoms with Crippen molar-refractivity contribution < 1.29 is 22.0 Å². The molecule has 1 saturated carbocycles. The molecular weight excluding hydrogens is 476 g/mol. The molecule has 1 atom stereocenters. The molecule has 1 unspecified atom stereocenters. The predicted octanol–water partition coefficient (Wildman–Crippen LogP) is 4.04. The molecule has 182 valence electrons. The molecule has 2 aromatic heterocycles. The van der Waals surface area contributed by atoms with Gasteiger partial charge >= 0.3 is 0 Å². The van der Waals surface area contributed by atoms with E-state index < -0.39 is 33.9 Å². The van der Waals surface area contributed by atoms with Crippen molar-refractivity contribution >= 4 is 38.4 Å². The molecule has 1 aliphatic carbocycles. The SMILES string of the molecule is CC1=Nc2c(Nc3ccc(-c4cncn4C)cc3S(C)(=O)=O)cc(CC(=O)C3CC3(F)F)nc2C1. The van der Waals surface area contributed by atoms with Crippen LogP contribution in [0, 0.1) is 5.92 Å². The van der Waals surface area contributed by atoms with Crippen LogP contribution in [0.1, 0.15) is 24.7 Å². The van der Waals surface area contributed by atoms with Crippen molar-refractivity contribution in [3.05, 3.63) is 48.2 Å². The van der Waals surface area contributed by atoms with Crippen LogP contribution < -0.4 is 5.32 Å². The summed E-state index contributed by atoms with van der Waals surface area (Å²) in [6.07, 6.45) is 4.21. The Morgan fingerprint density at radius 2 is 2.00 bits per heavy atom. The smallest absolute Gasteiger partial charge is 0.258 e. The lowest BCUT2D eigenvalue weighted by Crippen LogP contribution is -2.12. The van der Waals surface area contributed by atoms with Gasteiger partial charge < -0.3 is 9.88 Å². The summed E-state index contributed by atoms with van der Waals surface area (Å²) in [5.41, 5.74) is 4.55. The molecule has 3 aromatic rings. The third kappa shape index (κ3) is 4.47. The van der Waals surface area contributed by atoms with Gasteiger partial charge in [-0.15, -0.1) is 0 Å². The van der Waals surface area contributed by atoms with Gasteiger partial charge in [-0.3, -0.25) is 14.8 Å². The Labute approximate surface area is 201 Å². The standard InChI is InChI=1S/C24H23F2N5O3S/c1-13-6-18-23(28-13)19(8-15(29-18)9-21(32)16-10-24(16,25)26)30-17-5-4-14(7-22(17)35(3,33)34)20-11-27-12-31(20)2/h4-5,7-8,11-12,16H,6,9-10H2,1-3H3,(H,29,30). The van der Waals surface area contributed by atoms with Crippen molar-refractivity contribution in [1.29, 1.82) is 0 Å². The van der Waals surface area contributed by atoms with E-state index in [9.17, 15) is 22.0 Å². The topological polar surface area (TPSA) is 106 Å². The maximum Gasteiger partial charge on any atom is 0.258 e. The molecule has 35 heavy (non-hydrogen) atoms. The van der Waals surface area contributed by atoms with Crippen molar-refractivity contribution in [2.45, 2.75) is 37.0 Å². The average Bonchev–Trinajstić information content (AvgIpc) is 3.06. The van der Waals surface area contributed by atoms with E-state index >= 15 is 0 Å². The number of fused-ring (bicyclic) bond motifs is 1. The first-order chi connectivity index (χ1) is 16.4. The number of carbonyl (C=O) groups excluding carboxylic acids is 1. The number of hydrogen-bond acceptors (Lipinski definition) is 7. The number of alkyl halides is 2. The van der Waals surface area contributed by atoms with E-state index in [0.29, 0.717) is 40.4 Å². The second kappa shape index (κ2) is 8.04. The van der Waals surface area contributed by atoms with Gasteiger partial charge in [-0.05, 0) is 25.1 Å². The summed E-state index contributed by atoms with van der Waals surface area (Å²) in [7, 11) is -1.82. The molecule has 0 bridgehead atoms. The van der Waals surface area contributed by atoms with Gasteiger partial charge in [0.15, 0.2) is 9.84 Å². The number of ketones is 1. The number of aromatic nitrogens is 3. The van der Waals surface area contributed by atoms with E-state index in [-0.39, 0.29) is 11.3 Å². The molecular formula is C24H23F2N5O3S. The Hall–Kier alpha value is -3.47. The fourth-order valence-electron chi connectivity index (χ4n) is 4.29. The van der Waals surface area contributed by atoms with Gasteiger partial charge in [0, 0.05) is 43.8 Å². The summed E-state index contributed by atoms with van der Waals surface area (Å²) >= 11 is 0. The van der Waals surface area contributed by atoms with Crippen LogP contribution in [0.3, 0.4) is 0 Å². The van der Waals surface area contributed by atoms with E-state index in [1.807, 2.05) is 14.0 Å². The number of aryl methyl sites for hydroxylation is 1. The number of halogens is 2. The number of sulfone groups is 1. The Balaban J connectivity index is 1.53. The Kier molecular flexibility index (Phi) is 5.35. The Morgan fingerprint density at radius 1 is 1.26 bits per heavy atom. The number of aliphatic imine (C=N–C) groups is 1. The van der Waals surface area contributed by atoms with Gasteiger partial charge in [0.25, 0.3) is 5.92 Å².